The minimum absolute atomic E-state index is 0.0319. The Labute approximate surface area is 121 Å². The number of aromatic nitrogens is 2. The van der Waals surface area contributed by atoms with Crippen LogP contribution in [0.15, 0.2) is 18.5 Å². The first kappa shape index (κ1) is 15.8. The van der Waals surface area contributed by atoms with Crippen molar-refractivity contribution in [2.75, 3.05) is 18.1 Å². The van der Waals surface area contributed by atoms with E-state index in [1.165, 1.54) is 10.6 Å². The van der Waals surface area contributed by atoms with Gasteiger partial charge < -0.3 is 9.72 Å². The zero-order valence-corrected chi connectivity index (χ0v) is 12.6. The number of imidazole rings is 1. The van der Waals surface area contributed by atoms with Gasteiger partial charge in [0.15, 0.2) is 21.3 Å². The largest absolute Gasteiger partial charge is 0.308 e. The molecule has 2 rings (SSSR count). The Hall–Kier alpha value is -1.54. The van der Waals surface area contributed by atoms with Gasteiger partial charge in [0.1, 0.15) is 5.82 Å². The molecule has 5 nitrogen and oxygen atoms in total. The van der Waals surface area contributed by atoms with Gasteiger partial charge in [0, 0.05) is 36.8 Å². The standard InChI is InChI=1S/C13H17F2N3O2S/c1-3-21(19,20)5-4-16-9(2)12-8-18-7-10(14)6-11(15)13(18)17-12/h6-9,16H,3-5H2,1-2H3. The summed E-state index contributed by atoms with van der Waals surface area (Å²) in [5, 5.41) is 3.01. The highest BCUT2D eigenvalue weighted by atomic mass is 32.2. The fraction of sp³-hybridized carbons (Fsp3) is 0.462. The van der Waals surface area contributed by atoms with E-state index in [0.717, 1.165) is 12.3 Å². The fourth-order valence-corrected chi connectivity index (χ4v) is 2.65. The first-order chi connectivity index (χ1) is 9.82. The smallest absolute Gasteiger partial charge is 0.173 e. The maximum Gasteiger partial charge on any atom is 0.173 e. The van der Waals surface area contributed by atoms with Gasteiger partial charge >= 0.3 is 0 Å². The van der Waals surface area contributed by atoms with Crippen molar-refractivity contribution in [3.63, 3.8) is 0 Å². The minimum atomic E-state index is -3.03. The first-order valence-corrected chi connectivity index (χ1v) is 8.42. The number of nitrogens with one attached hydrogen (secondary N) is 1. The average Bonchev–Trinajstić information content (AvgIpc) is 2.82. The second kappa shape index (κ2) is 6.07. The van der Waals surface area contributed by atoms with Crippen LogP contribution in [0.4, 0.5) is 8.78 Å². The van der Waals surface area contributed by atoms with E-state index in [1.54, 1.807) is 13.8 Å². The number of fused-ring (bicyclic) bond motifs is 1. The van der Waals surface area contributed by atoms with Gasteiger partial charge in [0.2, 0.25) is 0 Å². The summed E-state index contributed by atoms with van der Waals surface area (Å²) in [6.45, 7) is 3.66. The molecule has 2 aromatic rings. The molecular formula is C13H17F2N3O2S. The number of sulfone groups is 1. The molecular weight excluding hydrogens is 300 g/mol. The third-order valence-electron chi connectivity index (χ3n) is 3.24. The van der Waals surface area contributed by atoms with Crippen LogP contribution in [0, 0.1) is 11.6 Å². The molecule has 21 heavy (non-hydrogen) atoms. The topological polar surface area (TPSA) is 63.5 Å². The summed E-state index contributed by atoms with van der Waals surface area (Å²) in [4.78, 5) is 4.10. The SMILES string of the molecule is CCS(=O)(=O)CCNC(C)c1cn2cc(F)cc(F)c2n1. The normalized spacial score (nSPS) is 13.7. The summed E-state index contributed by atoms with van der Waals surface area (Å²) < 4.78 is 50.7. The molecule has 2 aromatic heterocycles. The number of halogens is 2. The zero-order chi connectivity index (χ0) is 15.6. The van der Waals surface area contributed by atoms with E-state index in [9.17, 15) is 17.2 Å². The monoisotopic (exact) mass is 317 g/mol. The van der Waals surface area contributed by atoms with Crippen molar-refractivity contribution in [3.05, 3.63) is 35.8 Å². The number of nitrogens with zero attached hydrogens (tertiary/aromatic N) is 2. The summed E-state index contributed by atoms with van der Waals surface area (Å²) in [5.74, 6) is -1.29. The van der Waals surface area contributed by atoms with Gasteiger partial charge in [-0.1, -0.05) is 6.92 Å². The van der Waals surface area contributed by atoms with Crippen LogP contribution in [-0.4, -0.2) is 35.9 Å². The van der Waals surface area contributed by atoms with E-state index >= 15 is 0 Å². The van der Waals surface area contributed by atoms with Gasteiger partial charge in [0.05, 0.1) is 11.4 Å². The van der Waals surface area contributed by atoms with Gasteiger partial charge in [-0.05, 0) is 6.92 Å². The molecule has 1 N–H and O–H groups in total. The lowest BCUT2D eigenvalue weighted by Gasteiger charge is -2.10. The lowest BCUT2D eigenvalue weighted by atomic mass is 10.2. The van der Waals surface area contributed by atoms with Gasteiger partial charge in [-0.2, -0.15) is 0 Å². The van der Waals surface area contributed by atoms with Crippen molar-refractivity contribution in [2.45, 2.75) is 19.9 Å². The molecule has 0 spiro atoms. The van der Waals surface area contributed by atoms with Crippen molar-refractivity contribution in [1.82, 2.24) is 14.7 Å². The molecule has 0 aromatic carbocycles. The molecule has 0 aliphatic carbocycles. The molecule has 2 heterocycles. The molecule has 0 bridgehead atoms. The zero-order valence-electron chi connectivity index (χ0n) is 11.8. The van der Waals surface area contributed by atoms with E-state index in [2.05, 4.69) is 10.3 Å². The van der Waals surface area contributed by atoms with Crippen molar-refractivity contribution in [1.29, 1.82) is 0 Å². The van der Waals surface area contributed by atoms with Crippen molar-refractivity contribution < 1.29 is 17.2 Å². The molecule has 116 valence electrons. The van der Waals surface area contributed by atoms with Crippen molar-refractivity contribution >= 4 is 15.5 Å². The molecule has 0 aliphatic heterocycles. The van der Waals surface area contributed by atoms with E-state index in [-0.39, 0.29) is 29.7 Å². The first-order valence-electron chi connectivity index (χ1n) is 6.60. The Morgan fingerprint density at radius 3 is 2.76 bits per heavy atom. The second-order valence-corrected chi connectivity index (χ2v) is 7.29. The lowest BCUT2D eigenvalue weighted by Crippen LogP contribution is -2.26. The Morgan fingerprint density at radius 1 is 1.38 bits per heavy atom. The van der Waals surface area contributed by atoms with Gasteiger partial charge in [-0.25, -0.2) is 22.2 Å². The Kier molecular flexibility index (Phi) is 4.58. The van der Waals surface area contributed by atoms with Crippen LogP contribution in [0.2, 0.25) is 0 Å². The van der Waals surface area contributed by atoms with Gasteiger partial charge in [-0.15, -0.1) is 0 Å². The highest BCUT2D eigenvalue weighted by Gasteiger charge is 2.14. The number of pyridine rings is 1. The maximum atomic E-state index is 13.6. The summed E-state index contributed by atoms with van der Waals surface area (Å²) in [5.41, 5.74) is 0.564. The predicted molar refractivity (Wildman–Crippen MR) is 75.9 cm³/mol. The lowest BCUT2D eigenvalue weighted by molar-refractivity contribution is 0.567. The van der Waals surface area contributed by atoms with E-state index < -0.39 is 21.5 Å². The summed E-state index contributed by atoms with van der Waals surface area (Å²) in [6, 6.07) is 0.511. The molecule has 0 aliphatic rings. The van der Waals surface area contributed by atoms with Crippen LogP contribution >= 0.6 is 0 Å². The number of hydrogen-bond acceptors (Lipinski definition) is 4. The van der Waals surface area contributed by atoms with Crippen LogP contribution in [0.3, 0.4) is 0 Å². The second-order valence-electron chi connectivity index (χ2n) is 4.82. The molecule has 0 saturated carbocycles. The molecule has 1 atom stereocenters. The van der Waals surface area contributed by atoms with Crippen LogP contribution in [0.1, 0.15) is 25.6 Å². The quantitative estimate of drug-likeness (QED) is 0.881. The third kappa shape index (κ3) is 3.76. The molecule has 1 unspecified atom stereocenters. The summed E-state index contributed by atoms with van der Waals surface area (Å²) >= 11 is 0. The highest BCUT2D eigenvalue weighted by molar-refractivity contribution is 7.91. The van der Waals surface area contributed by atoms with Crippen molar-refractivity contribution in [3.8, 4) is 0 Å². The summed E-state index contributed by atoms with van der Waals surface area (Å²) in [7, 11) is -3.03. The van der Waals surface area contributed by atoms with E-state index in [1.807, 2.05) is 0 Å². The Bertz CT molecular complexity index is 743. The molecule has 0 amide bonds. The van der Waals surface area contributed by atoms with Crippen LogP contribution in [0.25, 0.3) is 5.65 Å². The average molecular weight is 317 g/mol. The van der Waals surface area contributed by atoms with Gasteiger partial charge in [-0.3, -0.25) is 0 Å². The van der Waals surface area contributed by atoms with E-state index in [0.29, 0.717) is 5.69 Å². The molecule has 0 radical (unpaired) electrons. The minimum Gasteiger partial charge on any atom is -0.308 e. The van der Waals surface area contributed by atoms with Crippen molar-refractivity contribution in [2.24, 2.45) is 0 Å². The number of rotatable bonds is 6. The molecule has 0 saturated heterocycles. The highest BCUT2D eigenvalue weighted by Crippen LogP contribution is 2.16. The van der Waals surface area contributed by atoms with Crippen LogP contribution in [-0.2, 0) is 9.84 Å². The Balaban J connectivity index is 2.09. The fourth-order valence-electron chi connectivity index (χ4n) is 1.93. The molecule has 8 heteroatoms. The maximum absolute atomic E-state index is 13.6. The van der Waals surface area contributed by atoms with Gasteiger partial charge in [0.25, 0.3) is 0 Å². The number of hydrogen-bond donors (Lipinski definition) is 1. The Morgan fingerprint density at radius 2 is 2.10 bits per heavy atom. The molecule has 0 fully saturated rings. The van der Waals surface area contributed by atoms with Crippen LogP contribution in [0.5, 0.6) is 0 Å². The predicted octanol–water partition coefficient (Wildman–Crippen LogP) is 1.70. The van der Waals surface area contributed by atoms with Crippen LogP contribution < -0.4 is 5.32 Å². The summed E-state index contributed by atoms with van der Waals surface area (Å²) in [6.07, 6.45) is 2.66. The van der Waals surface area contributed by atoms with E-state index in [4.69, 9.17) is 0 Å². The third-order valence-corrected chi connectivity index (χ3v) is 4.94.